The van der Waals surface area contributed by atoms with Gasteiger partial charge in [-0.25, -0.2) is 8.42 Å². The number of benzene rings is 2. The molecule has 4 nitrogen and oxygen atoms in total. The molecule has 112 valence electrons. The lowest BCUT2D eigenvalue weighted by Gasteiger charge is -2.20. The maximum absolute atomic E-state index is 11.8. The highest BCUT2D eigenvalue weighted by atomic mass is 32.2. The van der Waals surface area contributed by atoms with E-state index in [9.17, 15) is 8.42 Å². The van der Waals surface area contributed by atoms with Crippen LogP contribution in [0.4, 0.5) is 5.69 Å². The smallest absolute Gasteiger partial charge is 0.177 e. The van der Waals surface area contributed by atoms with E-state index in [1.54, 1.807) is 18.2 Å². The third-order valence-electron chi connectivity index (χ3n) is 3.26. The van der Waals surface area contributed by atoms with Crippen molar-refractivity contribution in [1.29, 1.82) is 0 Å². The zero-order chi connectivity index (χ0) is 15.3. The minimum absolute atomic E-state index is 0.0182. The van der Waals surface area contributed by atoms with Crippen LogP contribution in [-0.4, -0.2) is 27.3 Å². The van der Waals surface area contributed by atoms with Crippen LogP contribution in [0, 0.1) is 0 Å². The summed E-state index contributed by atoms with van der Waals surface area (Å²) in [4.78, 5) is 0.302. The van der Waals surface area contributed by atoms with E-state index in [1.165, 1.54) is 6.26 Å². The summed E-state index contributed by atoms with van der Waals surface area (Å²) in [6.07, 6.45) is 1.96. The molecule has 0 amide bonds. The van der Waals surface area contributed by atoms with E-state index < -0.39 is 9.84 Å². The van der Waals surface area contributed by atoms with Crippen molar-refractivity contribution in [1.82, 2.24) is 0 Å². The highest BCUT2D eigenvalue weighted by molar-refractivity contribution is 7.90. The molecule has 0 aliphatic heterocycles. The average Bonchev–Trinajstić information content (AvgIpc) is 2.47. The number of nitrogens with two attached hydrogens (primary N) is 1. The summed E-state index contributed by atoms with van der Waals surface area (Å²) >= 11 is 0. The molecular formula is C16H20N2O2S. The van der Waals surface area contributed by atoms with Gasteiger partial charge in [0, 0.05) is 18.8 Å². The summed E-state index contributed by atoms with van der Waals surface area (Å²) in [6.45, 7) is 0.424. The van der Waals surface area contributed by atoms with Gasteiger partial charge in [-0.3, -0.25) is 0 Å². The lowest BCUT2D eigenvalue weighted by atomic mass is 10.1. The molecular weight excluding hydrogens is 284 g/mol. The number of anilines is 1. The van der Waals surface area contributed by atoms with Crippen molar-refractivity contribution in [3.63, 3.8) is 0 Å². The van der Waals surface area contributed by atoms with Crippen LogP contribution < -0.4 is 11.1 Å². The summed E-state index contributed by atoms with van der Waals surface area (Å²) in [5, 5.41) is 3.25. The fraction of sp³-hybridized carbons (Fsp3) is 0.250. The molecule has 2 aromatic rings. The lowest BCUT2D eigenvalue weighted by molar-refractivity contribution is 0.601. The fourth-order valence-corrected chi connectivity index (χ4v) is 3.07. The largest absolute Gasteiger partial charge is 0.380 e. The molecule has 0 bridgehead atoms. The highest BCUT2D eigenvalue weighted by Crippen LogP contribution is 2.21. The maximum atomic E-state index is 11.8. The van der Waals surface area contributed by atoms with Crippen molar-refractivity contribution in [2.75, 3.05) is 18.1 Å². The summed E-state index contributed by atoms with van der Waals surface area (Å²) in [7, 11) is -3.26. The summed E-state index contributed by atoms with van der Waals surface area (Å²) < 4.78 is 23.6. The zero-order valence-electron chi connectivity index (χ0n) is 12.0. The first kappa shape index (κ1) is 15.5. The number of hydrogen-bond donors (Lipinski definition) is 2. The van der Waals surface area contributed by atoms with Gasteiger partial charge in [0.2, 0.25) is 0 Å². The van der Waals surface area contributed by atoms with Crippen LogP contribution >= 0.6 is 0 Å². The molecule has 2 rings (SSSR count). The first-order valence-electron chi connectivity index (χ1n) is 6.80. The molecule has 0 aliphatic rings. The van der Waals surface area contributed by atoms with E-state index in [4.69, 9.17) is 5.73 Å². The lowest BCUT2D eigenvalue weighted by Crippen LogP contribution is -2.31. The molecule has 0 saturated heterocycles. The standard InChI is InChI=1S/C16H20N2O2S/c1-21(19,20)16-10-6-5-9-15(16)18-14(12-17)11-13-7-3-2-4-8-13/h2-10,14,18H,11-12,17H2,1H3. The minimum atomic E-state index is -3.26. The molecule has 5 heteroatoms. The van der Waals surface area contributed by atoms with Crippen LogP contribution in [-0.2, 0) is 16.3 Å². The molecule has 0 heterocycles. The molecule has 0 saturated carbocycles. The predicted octanol–water partition coefficient (Wildman–Crippen LogP) is 2.07. The highest BCUT2D eigenvalue weighted by Gasteiger charge is 2.15. The van der Waals surface area contributed by atoms with Crippen LogP contribution in [0.15, 0.2) is 59.5 Å². The Morgan fingerprint density at radius 2 is 1.67 bits per heavy atom. The van der Waals surface area contributed by atoms with Gasteiger partial charge in [0.25, 0.3) is 0 Å². The van der Waals surface area contributed by atoms with Crippen molar-refractivity contribution in [2.45, 2.75) is 17.4 Å². The van der Waals surface area contributed by atoms with Gasteiger partial charge in [-0.1, -0.05) is 42.5 Å². The Labute approximate surface area is 125 Å². The number of nitrogens with one attached hydrogen (secondary N) is 1. The molecule has 0 spiro atoms. The second-order valence-electron chi connectivity index (χ2n) is 5.04. The van der Waals surface area contributed by atoms with Crippen LogP contribution in [0.3, 0.4) is 0 Å². The van der Waals surface area contributed by atoms with Crippen molar-refractivity contribution < 1.29 is 8.42 Å². The van der Waals surface area contributed by atoms with E-state index in [2.05, 4.69) is 5.32 Å². The van der Waals surface area contributed by atoms with Gasteiger partial charge in [0.1, 0.15) is 0 Å². The first-order valence-corrected chi connectivity index (χ1v) is 8.69. The third-order valence-corrected chi connectivity index (χ3v) is 4.41. The van der Waals surface area contributed by atoms with Crippen molar-refractivity contribution in [3.05, 3.63) is 60.2 Å². The predicted molar refractivity (Wildman–Crippen MR) is 86.2 cm³/mol. The van der Waals surface area contributed by atoms with Gasteiger partial charge >= 0.3 is 0 Å². The molecule has 3 N–H and O–H groups in total. The molecule has 21 heavy (non-hydrogen) atoms. The van der Waals surface area contributed by atoms with Crippen LogP contribution in [0.1, 0.15) is 5.56 Å². The zero-order valence-corrected chi connectivity index (χ0v) is 12.8. The Morgan fingerprint density at radius 3 is 2.29 bits per heavy atom. The maximum Gasteiger partial charge on any atom is 0.177 e. The van der Waals surface area contributed by atoms with E-state index in [-0.39, 0.29) is 6.04 Å². The summed E-state index contributed by atoms with van der Waals surface area (Å²) in [5.41, 5.74) is 7.58. The van der Waals surface area contributed by atoms with Crippen LogP contribution in [0.5, 0.6) is 0 Å². The molecule has 0 radical (unpaired) electrons. The molecule has 1 unspecified atom stereocenters. The molecule has 0 aliphatic carbocycles. The normalized spacial score (nSPS) is 12.9. The number of sulfone groups is 1. The van der Waals surface area contributed by atoms with E-state index >= 15 is 0 Å². The van der Waals surface area contributed by atoms with Gasteiger partial charge < -0.3 is 11.1 Å². The minimum Gasteiger partial charge on any atom is -0.380 e. The van der Waals surface area contributed by atoms with Crippen molar-refractivity contribution >= 4 is 15.5 Å². The third kappa shape index (κ3) is 4.31. The van der Waals surface area contributed by atoms with Crippen molar-refractivity contribution in [2.24, 2.45) is 5.73 Å². The van der Waals surface area contributed by atoms with Gasteiger partial charge in [0.15, 0.2) is 9.84 Å². The van der Waals surface area contributed by atoms with Gasteiger partial charge in [-0.15, -0.1) is 0 Å². The quantitative estimate of drug-likeness (QED) is 0.857. The summed E-state index contributed by atoms with van der Waals surface area (Å²) in [5.74, 6) is 0. The van der Waals surface area contributed by atoms with Crippen LogP contribution in [0.25, 0.3) is 0 Å². The molecule has 2 aromatic carbocycles. The van der Waals surface area contributed by atoms with Crippen LogP contribution in [0.2, 0.25) is 0 Å². The fourth-order valence-electron chi connectivity index (χ4n) is 2.22. The Morgan fingerprint density at radius 1 is 1.05 bits per heavy atom. The Kier molecular flexibility index (Phi) is 4.98. The number of hydrogen-bond acceptors (Lipinski definition) is 4. The summed E-state index contributed by atoms with van der Waals surface area (Å²) in [6, 6.07) is 16.9. The Balaban J connectivity index is 2.20. The van der Waals surface area contributed by atoms with Crippen molar-refractivity contribution in [3.8, 4) is 0 Å². The monoisotopic (exact) mass is 304 g/mol. The number of rotatable bonds is 6. The Hall–Kier alpha value is -1.85. The second kappa shape index (κ2) is 6.74. The molecule has 0 aromatic heterocycles. The second-order valence-corrected chi connectivity index (χ2v) is 7.02. The van der Waals surface area contributed by atoms with Gasteiger partial charge in [-0.05, 0) is 24.1 Å². The molecule has 0 fully saturated rings. The topological polar surface area (TPSA) is 72.2 Å². The van der Waals surface area contributed by atoms with E-state index in [0.29, 0.717) is 17.1 Å². The Bertz CT molecular complexity index is 684. The van der Waals surface area contributed by atoms with E-state index in [1.807, 2.05) is 36.4 Å². The average molecular weight is 304 g/mol. The molecule has 1 atom stereocenters. The SMILES string of the molecule is CS(=O)(=O)c1ccccc1NC(CN)Cc1ccccc1. The first-order chi connectivity index (χ1) is 10.0. The number of para-hydroxylation sites is 1. The van der Waals surface area contributed by atoms with Gasteiger partial charge in [-0.2, -0.15) is 0 Å². The van der Waals surface area contributed by atoms with E-state index in [0.717, 1.165) is 12.0 Å². The van der Waals surface area contributed by atoms with Gasteiger partial charge in [0.05, 0.1) is 10.6 Å².